The van der Waals surface area contributed by atoms with E-state index in [-0.39, 0.29) is 11.3 Å². The summed E-state index contributed by atoms with van der Waals surface area (Å²) in [5, 5.41) is 13.7. The quantitative estimate of drug-likeness (QED) is 0.479. The molecule has 30 heavy (non-hydrogen) atoms. The van der Waals surface area contributed by atoms with E-state index in [1.165, 1.54) is 0 Å². The Kier molecular flexibility index (Phi) is 7.12. The van der Waals surface area contributed by atoms with Gasteiger partial charge in [0.15, 0.2) is 0 Å². The van der Waals surface area contributed by atoms with Crippen LogP contribution in [0.3, 0.4) is 0 Å². The number of hydrogen-bond acceptors (Lipinski definition) is 4. The molecule has 6 nitrogen and oxygen atoms in total. The molecule has 0 aliphatic heterocycles. The molecule has 0 atom stereocenters. The second kappa shape index (κ2) is 9.96. The van der Waals surface area contributed by atoms with Gasteiger partial charge in [0.05, 0.1) is 12.1 Å². The van der Waals surface area contributed by atoms with Crippen molar-refractivity contribution in [1.29, 1.82) is 0 Å². The number of Topliss-reactive ketones (excluding diaryl/α,β-unsaturated/α-hetero) is 1. The molecule has 1 N–H and O–H groups in total. The molecule has 0 amide bonds. The number of carbonyl (C=O) groups excluding carboxylic acids is 1. The molecule has 1 heterocycles. The van der Waals surface area contributed by atoms with Crippen LogP contribution in [0.1, 0.15) is 71.9 Å². The van der Waals surface area contributed by atoms with Crippen LogP contribution in [-0.4, -0.2) is 31.6 Å². The first-order chi connectivity index (χ1) is 14.5. The van der Waals surface area contributed by atoms with E-state index in [2.05, 4.69) is 17.0 Å². The van der Waals surface area contributed by atoms with Gasteiger partial charge in [-0.15, -0.1) is 5.10 Å². The maximum absolute atomic E-state index is 12.2. The van der Waals surface area contributed by atoms with Crippen molar-refractivity contribution >= 4 is 11.8 Å². The molecule has 6 heteroatoms. The number of aromatic carboxylic acids is 1. The fourth-order valence-corrected chi connectivity index (χ4v) is 3.29. The summed E-state index contributed by atoms with van der Waals surface area (Å²) in [6.45, 7) is 4.64. The van der Waals surface area contributed by atoms with Crippen molar-refractivity contribution in [1.82, 2.24) is 14.8 Å². The Morgan fingerprint density at radius 1 is 1.00 bits per heavy atom. The summed E-state index contributed by atoms with van der Waals surface area (Å²) in [6, 6.07) is 14.8. The van der Waals surface area contributed by atoms with Gasteiger partial charge in [0.1, 0.15) is 5.82 Å². The first kappa shape index (κ1) is 21.4. The van der Waals surface area contributed by atoms with Gasteiger partial charge >= 0.3 is 5.97 Å². The third-order valence-electron chi connectivity index (χ3n) is 4.96. The van der Waals surface area contributed by atoms with E-state index in [9.17, 15) is 14.7 Å². The molecule has 0 saturated carbocycles. The van der Waals surface area contributed by atoms with Crippen LogP contribution >= 0.6 is 0 Å². The standard InChI is InChI=1S/C24H27N3O3/c1-3-5-10-22-25-23(21(28)7-4-2)26-27(22)16-17-11-13-18(14-12-17)19-8-6-9-20(15-19)24(29)30/h6,8-9,11-15H,3-5,7,10,16H2,1-2H3,(H,29,30). The Bertz CT molecular complexity index is 1020. The van der Waals surface area contributed by atoms with E-state index >= 15 is 0 Å². The molecule has 0 fully saturated rings. The van der Waals surface area contributed by atoms with Crippen molar-refractivity contribution in [3.63, 3.8) is 0 Å². The average molecular weight is 405 g/mol. The van der Waals surface area contributed by atoms with Crippen LogP contribution in [0.15, 0.2) is 48.5 Å². The number of aryl methyl sites for hydroxylation is 1. The molecule has 2 aromatic carbocycles. The van der Waals surface area contributed by atoms with Gasteiger partial charge < -0.3 is 5.11 Å². The van der Waals surface area contributed by atoms with Crippen LogP contribution in [0.5, 0.6) is 0 Å². The summed E-state index contributed by atoms with van der Waals surface area (Å²) in [7, 11) is 0. The van der Waals surface area contributed by atoms with E-state index in [0.29, 0.717) is 18.8 Å². The number of carbonyl (C=O) groups is 2. The number of nitrogens with zero attached hydrogens (tertiary/aromatic N) is 3. The van der Waals surface area contributed by atoms with Gasteiger partial charge in [-0.3, -0.25) is 4.79 Å². The second-order valence-corrected chi connectivity index (χ2v) is 7.37. The van der Waals surface area contributed by atoms with E-state index in [4.69, 9.17) is 0 Å². The van der Waals surface area contributed by atoms with E-state index in [0.717, 1.165) is 48.2 Å². The third kappa shape index (κ3) is 5.20. The molecule has 156 valence electrons. The molecule has 1 aromatic heterocycles. The Morgan fingerprint density at radius 3 is 2.43 bits per heavy atom. The van der Waals surface area contributed by atoms with Crippen LogP contribution < -0.4 is 0 Å². The van der Waals surface area contributed by atoms with Crippen molar-refractivity contribution in [2.45, 2.75) is 52.5 Å². The molecule has 0 spiro atoms. The Hall–Kier alpha value is -3.28. The van der Waals surface area contributed by atoms with Crippen LogP contribution in [-0.2, 0) is 13.0 Å². The first-order valence-electron chi connectivity index (χ1n) is 10.4. The number of unbranched alkanes of at least 4 members (excludes halogenated alkanes) is 1. The minimum atomic E-state index is -0.937. The summed E-state index contributed by atoms with van der Waals surface area (Å²) >= 11 is 0. The molecule has 3 rings (SSSR count). The number of carboxylic acid groups (broad SMARTS) is 1. The lowest BCUT2D eigenvalue weighted by atomic mass is 10.0. The lowest BCUT2D eigenvalue weighted by molar-refractivity contribution is 0.0696. The second-order valence-electron chi connectivity index (χ2n) is 7.37. The van der Waals surface area contributed by atoms with Crippen molar-refractivity contribution < 1.29 is 14.7 Å². The highest BCUT2D eigenvalue weighted by Crippen LogP contribution is 2.22. The van der Waals surface area contributed by atoms with Crippen LogP contribution in [0.2, 0.25) is 0 Å². The van der Waals surface area contributed by atoms with E-state index < -0.39 is 5.97 Å². The maximum atomic E-state index is 12.2. The summed E-state index contributed by atoms with van der Waals surface area (Å²) in [5.41, 5.74) is 3.12. The van der Waals surface area contributed by atoms with Crippen molar-refractivity contribution in [3.8, 4) is 11.1 Å². The Morgan fingerprint density at radius 2 is 1.77 bits per heavy atom. The summed E-state index contributed by atoms with van der Waals surface area (Å²) < 4.78 is 1.83. The van der Waals surface area contributed by atoms with Gasteiger partial charge in [0.2, 0.25) is 11.6 Å². The van der Waals surface area contributed by atoms with Gasteiger partial charge in [0.25, 0.3) is 0 Å². The summed E-state index contributed by atoms with van der Waals surface area (Å²) in [6.07, 6.45) is 4.08. The highest BCUT2D eigenvalue weighted by Gasteiger charge is 2.16. The largest absolute Gasteiger partial charge is 0.478 e. The molecule has 3 aromatic rings. The molecule has 0 saturated heterocycles. The minimum Gasteiger partial charge on any atom is -0.478 e. The first-order valence-corrected chi connectivity index (χ1v) is 10.4. The SMILES string of the molecule is CCCCc1nc(C(=O)CCC)nn1Cc1ccc(-c2cccc(C(=O)O)c2)cc1. The number of carboxylic acids is 1. The van der Waals surface area contributed by atoms with Crippen LogP contribution in [0.4, 0.5) is 0 Å². The highest BCUT2D eigenvalue weighted by molar-refractivity contribution is 5.92. The monoisotopic (exact) mass is 405 g/mol. The van der Waals surface area contributed by atoms with Gasteiger partial charge in [-0.25, -0.2) is 14.5 Å². The van der Waals surface area contributed by atoms with Crippen LogP contribution in [0, 0.1) is 0 Å². The van der Waals surface area contributed by atoms with E-state index in [1.54, 1.807) is 18.2 Å². The highest BCUT2D eigenvalue weighted by atomic mass is 16.4. The number of aromatic nitrogens is 3. The Balaban J connectivity index is 1.81. The van der Waals surface area contributed by atoms with Crippen molar-refractivity contribution in [3.05, 3.63) is 71.3 Å². The molecule has 0 radical (unpaired) electrons. The molecule has 0 unspecified atom stereocenters. The third-order valence-corrected chi connectivity index (χ3v) is 4.96. The average Bonchev–Trinajstić information content (AvgIpc) is 3.15. The fraction of sp³-hybridized carbons (Fsp3) is 0.333. The summed E-state index contributed by atoms with van der Waals surface area (Å²) in [5.74, 6) is 0.204. The van der Waals surface area contributed by atoms with Crippen molar-refractivity contribution in [2.75, 3.05) is 0 Å². The number of rotatable bonds is 10. The predicted molar refractivity (Wildman–Crippen MR) is 116 cm³/mol. The summed E-state index contributed by atoms with van der Waals surface area (Å²) in [4.78, 5) is 27.9. The minimum absolute atomic E-state index is 0.0114. The molecular formula is C24H27N3O3. The Labute approximate surface area is 176 Å². The molecular weight excluding hydrogens is 378 g/mol. The van der Waals surface area contributed by atoms with Gasteiger partial charge in [-0.2, -0.15) is 0 Å². The molecule has 0 aliphatic carbocycles. The zero-order valence-corrected chi connectivity index (χ0v) is 17.5. The normalized spacial score (nSPS) is 10.9. The van der Waals surface area contributed by atoms with Crippen molar-refractivity contribution in [2.24, 2.45) is 0 Å². The number of benzene rings is 2. The lowest BCUT2D eigenvalue weighted by Gasteiger charge is -2.08. The van der Waals surface area contributed by atoms with Gasteiger partial charge in [-0.1, -0.05) is 56.7 Å². The predicted octanol–water partition coefficient (Wildman–Crippen LogP) is 5.02. The fourth-order valence-electron chi connectivity index (χ4n) is 3.29. The smallest absolute Gasteiger partial charge is 0.335 e. The van der Waals surface area contributed by atoms with Gasteiger partial charge in [-0.05, 0) is 41.7 Å². The topological polar surface area (TPSA) is 85.1 Å². The van der Waals surface area contributed by atoms with E-state index in [1.807, 2.05) is 41.9 Å². The maximum Gasteiger partial charge on any atom is 0.335 e. The molecule has 0 bridgehead atoms. The number of ketones is 1. The zero-order chi connectivity index (χ0) is 21.5. The lowest BCUT2D eigenvalue weighted by Crippen LogP contribution is -2.08. The van der Waals surface area contributed by atoms with Crippen LogP contribution in [0.25, 0.3) is 11.1 Å². The molecule has 0 aliphatic rings. The zero-order valence-electron chi connectivity index (χ0n) is 17.5. The number of hydrogen-bond donors (Lipinski definition) is 1. The van der Waals surface area contributed by atoms with Gasteiger partial charge in [0, 0.05) is 12.8 Å².